The maximum Gasteiger partial charge on any atom is 0.272 e. The molecule has 0 aliphatic rings. The van der Waals surface area contributed by atoms with Crippen molar-refractivity contribution in [1.29, 1.82) is 0 Å². The molecule has 0 aliphatic carbocycles. The fourth-order valence-corrected chi connectivity index (χ4v) is 1.26. The van der Waals surface area contributed by atoms with Gasteiger partial charge in [-0.3, -0.25) is 14.6 Å². The van der Waals surface area contributed by atoms with Gasteiger partial charge in [-0.15, -0.1) is 0 Å². The molecule has 0 aromatic carbocycles. The topological polar surface area (TPSA) is 74.8 Å². The second kappa shape index (κ2) is 4.56. The summed E-state index contributed by atoms with van der Waals surface area (Å²) in [5.74, 6) is -1.08. The lowest BCUT2D eigenvalue weighted by Crippen LogP contribution is -2.18. The Morgan fingerprint density at radius 2 is 2.18 bits per heavy atom. The average molecular weight is 233 g/mol. The van der Waals surface area contributed by atoms with Crippen molar-refractivity contribution in [3.8, 4) is 0 Å². The van der Waals surface area contributed by atoms with Gasteiger partial charge in [0.25, 0.3) is 5.91 Å². The number of H-pyrrole nitrogens is 1. The van der Waals surface area contributed by atoms with Gasteiger partial charge in [-0.2, -0.15) is 0 Å². The first-order valence-electron chi connectivity index (χ1n) is 4.76. The van der Waals surface area contributed by atoms with Crippen LogP contribution in [-0.4, -0.2) is 15.9 Å². The van der Waals surface area contributed by atoms with Crippen LogP contribution in [0.1, 0.15) is 10.5 Å². The molecule has 5 nitrogen and oxygen atoms in total. The quantitative estimate of drug-likeness (QED) is 0.817. The summed E-state index contributed by atoms with van der Waals surface area (Å²) >= 11 is 0. The van der Waals surface area contributed by atoms with Gasteiger partial charge in [0.2, 0.25) is 5.56 Å². The normalized spacial score (nSPS) is 9.94. The molecule has 0 unspecified atom stereocenters. The Hall–Kier alpha value is -2.50. The highest BCUT2D eigenvalue weighted by molar-refractivity contribution is 6.02. The van der Waals surface area contributed by atoms with Gasteiger partial charge in [-0.05, 0) is 6.07 Å². The minimum atomic E-state index is -0.552. The van der Waals surface area contributed by atoms with E-state index in [1.165, 1.54) is 24.4 Å². The zero-order valence-corrected chi connectivity index (χ0v) is 8.61. The van der Waals surface area contributed by atoms with Crippen LogP contribution in [0.5, 0.6) is 0 Å². The zero-order chi connectivity index (χ0) is 12.3. The van der Waals surface area contributed by atoms with Crippen molar-refractivity contribution in [3.05, 3.63) is 58.5 Å². The predicted octanol–water partition coefficient (Wildman–Crippen LogP) is 1.16. The first-order chi connectivity index (χ1) is 8.15. The van der Waals surface area contributed by atoms with E-state index in [0.717, 1.165) is 12.3 Å². The second-order valence-electron chi connectivity index (χ2n) is 3.27. The van der Waals surface area contributed by atoms with Crippen molar-refractivity contribution >= 4 is 11.6 Å². The summed E-state index contributed by atoms with van der Waals surface area (Å²) in [6.07, 6.45) is 2.34. The molecule has 0 fully saturated rings. The van der Waals surface area contributed by atoms with Gasteiger partial charge in [-0.25, -0.2) is 4.39 Å². The zero-order valence-electron chi connectivity index (χ0n) is 8.61. The van der Waals surface area contributed by atoms with Crippen molar-refractivity contribution < 1.29 is 9.18 Å². The molecule has 2 heterocycles. The Balaban J connectivity index is 2.20. The van der Waals surface area contributed by atoms with Crippen molar-refractivity contribution in [3.63, 3.8) is 0 Å². The van der Waals surface area contributed by atoms with E-state index in [1.807, 2.05) is 0 Å². The van der Waals surface area contributed by atoms with Gasteiger partial charge in [0.15, 0.2) is 0 Å². The second-order valence-corrected chi connectivity index (χ2v) is 3.27. The maximum absolute atomic E-state index is 12.8. The van der Waals surface area contributed by atoms with Gasteiger partial charge in [0.05, 0.1) is 18.1 Å². The predicted molar refractivity (Wildman–Crippen MR) is 59.2 cm³/mol. The Morgan fingerprint density at radius 1 is 1.35 bits per heavy atom. The number of aromatic amines is 1. The van der Waals surface area contributed by atoms with E-state index in [1.54, 1.807) is 0 Å². The molecular formula is C11H8FN3O2. The number of hydrogen-bond donors (Lipinski definition) is 2. The highest BCUT2D eigenvalue weighted by Crippen LogP contribution is 2.07. The minimum absolute atomic E-state index is 0.0989. The molecule has 0 saturated carbocycles. The maximum atomic E-state index is 12.8. The number of anilines is 1. The van der Waals surface area contributed by atoms with E-state index >= 15 is 0 Å². The first-order valence-corrected chi connectivity index (χ1v) is 4.76. The summed E-state index contributed by atoms with van der Waals surface area (Å²) in [4.78, 5) is 28.6. The van der Waals surface area contributed by atoms with Crippen LogP contribution in [0, 0.1) is 5.82 Å². The molecule has 0 aliphatic heterocycles. The number of rotatable bonds is 2. The van der Waals surface area contributed by atoms with Crippen LogP contribution >= 0.6 is 0 Å². The van der Waals surface area contributed by atoms with E-state index in [4.69, 9.17) is 0 Å². The molecule has 2 aromatic rings. The van der Waals surface area contributed by atoms with Gasteiger partial charge in [0, 0.05) is 12.1 Å². The van der Waals surface area contributed by atoms with Crippen molar-refractivity contribution in [2.45, 2.75) is 0 Å². The van der Waals surface area contributed by atoms with E-state index in [0.29, 0.717) is 0 Å². The van der Waals surface area contributed by atoms with Crippen LogP contribution in [0.25, 0.3) is 0 Å². The highest BCUT2D eigenvalue weighted by Gasteiger charge is 2.07. The Morgan fingerprint density at radius 3 is 2.88 bits per heavy atom. The molecule has 1 amide bonds. The number of amides is 1. The van der Waals surface area contributed by atoms with Gasteiger partial charge in [0.1, 0.15) is 11.5 Å². The van der Waals surface area contributed by atoms with Gasteiger partial charge >= 0.3 is 0 Å². The Kier molecular flexibility index (Phi) is 2.95. The van der Waals surface area contributed by atoms with E-state index in [2.05, 4.69) is 15.3 Å². The molecule has 0 saturated heterocycles. The number of pyridine rings is 2. The monoisotopic (exact) mass is 233 g/mol. The van der Waals surface area contributed by atoms with Crippen LogP contribution in [0.3, 0.4) is 0 Å². The molecule has 6 heteroatoms. The summed E-state index contributed by atoms with van der Waals surface area (Å²) in [5, 5.41) is 2.41. The summed E-state index contributed by atoms with van der Waals surface area (Å²) < 4.78 is 12.8. The van der Waals surface area contributed by atoms with E-state index < -0.39 is 11.7 Å². The fraction of sp³-hybridized carbons (Fsp3) is 0. The molecule has 2 rings (SSSR count). The SMILES string of the molecule is O=C(Nc1cncc(F)c1)c1cccc(=O)[nH]1. The summed E-state index contributed by atoms with van der Waals surface area (Å²) in [7, 11) is 0. The summed E-state index contributed by atoms with van der Waals surface area (Å²) in [6.45, 7) is 0. The van der Waals surface area contributed by atoms with Crippen LogP contribution in [0.4, 0.5) is 10.1 Å². The number of aromatic nitrogens is 2. The van der Waals surface area contributed by atoms with Crippen LogP contribution < -0.4 is 10.9 Å². The molecule has 86 valence electrons. The van der Waals surface area contributed by atoms with Gasteiger partial charge in [-0.1, -0.05) is 6.07 Å². The third kappa shape index (κ3) is 2.75. The highest BCUT2D eigenvalue weighted by atomic mass is 19.1. The molecule has 0 bridgehead atoms. The summed E-state index contributed by atoms with van der Waals surface area (Å²) in [6, 6.07) is 5.33. The third-order valence-corrected chi connectivity index (χ3v) is 1.98. The lowest BCUT2D eigenvalue weighted by atomic mass is 10.3. The largest absolute Gasteiger partial charge is 0.319 e. The first kappa shape index (κ1) is 11.0. The fourth-order valence-electron chi connectivity index (χ4n) is 1.26. The van der Waals surface area contributed by atoms with Crippen LogP contribution in [-0.2, 0) is 0 Å². The molecular weight excluding hydrogens is 225 g/mol. The van der Waals surface area contributed by atoms with Crippen molar-refractivity contribution in [2.24, 2.45) is 0 Å². The van der Waals surface area contributed by atoms with Crippen molar-refractivity contribution in [2.75, 3.05) is 5.32 Å². The Bertz CT molecular complexity index is 609. The van der Waals surface area contributed by atoms with Gasteiger partial charge < -0.3 is 10.3 Å². The third-order valence-electron chi connectivity index (χ3n) is 1.98. The number of nitrogens with zero attached hydrogens (tertiary/aromatic N) is 1. The number of carbonyl (C=O) groups is 1. The van der Waals surface area contributed by atoms with Crippen LogP contribution in [0.2, 0.25) is 0 Å². The molecule has 2 N–H and O–H groups in total. The lowest BCUT2D eigenvalue weighted by Gasteiger charge is -2.03. The Labute approximate surface area is 95.3 Å². The summed E-state index contributed by atoms with van der Waals surface area (Å²) in [5.41, 5.74) is -0.0588. The average Bonchev–Trinajstić information content (AvgIpc) is 2.29. The number of halogens is 1. The number of carbonyl (C=O) groups excluding carboxylic acids is 1. The molecule has 17 heavy (non-hydrogen) atoms. The molecule has 2 aromatic heterocycles. The minimum Gasteiger partial charge on any atom is -0.319 e. The van der Waals surface area contributed by atoms with Crippen molar-refractivity contribution in [1.82, 2.24) is 9.97 Å². The number of nitrogens with one attached hydrogen (secondary N) is 2. The molecule has 0 spiro atoms. The van der Waals surface area contributed by atoms with E-state index in [9.17, 15) is 14.0 Å². The standard InChI is InChI=1S/C11H8FN3O2/c12-7-4-8(6-13-5-7)14-11(17)9-2-1-3-10(16)15-9/h1-6H,(H,14,17)(H,15,16). The van der Waals surface area contributed by atoms with Crippen LogP contribution in [0.15, 0.2) is 41.5 Å². The number of hydrogen-bond acceptors (Lipinski definition) is 3. The van der Waals surface area contributed by atoms with E-state index in [-0.39, 0.29) is 16.9 Å². The molecule has 0 atom stereocenters. The lowest BCUT2D eigenvalue weighted by molar-refractivity contribution is 0.102. The smallest absolute Gasteiger partial charge is 0.272 e. The molecule has 0 radical (unpaired) electrons.